The Morgan fingerprint density at radius 1 is 1.30 bits per heavy atom. The summed E-state index contributed by atoms with van der Waals surface area (Å²) in [5.41, 5.74) is 5.89. The lowest BCUT2D eigenvalue weighted by Crippen LogP contribution is -2.08. The fourth-order valence-electron chi connectivity index (χ4n) is 1.91. The second-order valence-electron chi connectivity index (χ2n) is 4.59. The van der Waals surface area contributed by atoms with E-state index in [1.54, 1.807) is 12.1 Å². The van der Waals surface area contributed by atoms with Crippen LogP contribution in [0.15, 0.2) is 34.9 Å². The van der Waals surface area contributed by atoms with Crippen molar-refractivity contribution in [1.29, 1.82) is 0 Å². The molecule has 20 heavy (non-hydrogen) atoms. The van der Waals surface area contributed by atoms with E-state index in [1.807, 2.05) is 6.92 Å². The van der Waals surface area contributed by atoms with Crippen LogP contribution in [0.4, 0.5) is 13.2 Å². The zero-order chi connectivity index (χ0) is 14.8. The van der Waals surface area contributed by atoms with E-state index in [-0.39, 0.29) is 6.04 Å². The molecule has 1 unspecified atom stereocenters. The first-order chi connectivity index (χ1) is 9.41. The second kappa shape index (κ2) is 5.66. The quantitative estimate of drug-likeness (QED) is 0.917. The lowest BCUT2D eigenvalue weighted by Gasteiger charge is -2.07. The van der Waals surface area contributed by atoms with Crippen molar-refractivity contribution < 1.29 is 17.7 Å². The second-order valence-corrected chi connectivity index (χ2v) is 4.59. The lowest BCUT2D eigenvalue weighted by atomic mass is 10.1. The molecular weight excluding hydrogens is 269 g/mol. The van der Waals surface area contributed by atoms with Gasteiger partial charge in [-0.3, -0.25) is 0 Å². The van der Waals surface area contributed by atoms with Crippen LogP contribution in [0.1, 0.15) is 37.1 Å². The van der Waals surface area contributed by atoms with Crippen LogP contribution >= 0.6 is 0 Å². The molecule has 0 spiro atoms. The minimum atomic E-state index is -4.37. The first-order valence-corrected chi connectivity index (χ1v) is 6.31. The molecule has 0 aliphatic rings. The van der Waals surface area contributed by atoms with Crippen LogP contribution in [0.3, 0.4) is 0 Å². The van der Waals surface area contributed by atoms with Gasteiger partial charge in [-0.1, -0.05) is 30.6 Å². The third-order valence-corrected chi connectivity index (χ3v) is 2.98. The van der Waals surface area contributed by atoms with Gasteiger partial charge in [-0.2, -0.15) is 13.2 Å². The summed E-state index contributed by atoms with van der Waals surface area (Å²) in [4.78, 5) is 0. The van der Waals surface area contributed by atoms with E-state index in [0.29, 0.717) is 17.0 Å². The maximum absolute atomic E-state index is 12.7. The molecule has 0 aliphatic heterocycles. The zero-order valence-corrected chi connectivity index (χ0v) is 10.9. The van der Waals surface area contributed by atoms with E-state index >= 15 is 0 Å². The Morgan fingerprint density at radius 3 is 2.70 bits per heavy atom. The minimum absolute atomic E-state index is 0.285. The summed E-state index contributed by atoms with van der Waals surface area (Å²) in [6.45, 7) is 1.99. The molecule has 6 heteroatoms. The average Bonchev–Trinajstić information content (AvgIpc) is 2.88. The highest BCUT2D eigenvalue weighted by Crippen LogP contribution is 2.32. The predicted octanol–water partition coefficient (Wildman–Crippen LogP) is 4.16. The molecule has 0 aliphatic carbocycles. The monoisotopic (exact) mass is 284 g/mol. The Hall–Kier alpha value is -1.82. The molecule has 2 rings (SSSR count). The van der Waals surface area contributed by atoms with E-state index in [2.05, 4.69) is 5.16 Å². The van der Waals surface area contributed by atoms with Gasteiger partial charge in [0.25, 0.3) is 0 Å². The van der Waals surface area contributed by atoms with Gasteiger partial charge < -0.3 is 10.3 Å². The minimum Gasteiger partial charge on any atom is -0.359 e. The molecule has 1 aromatic carbocycles. The highest BCUT2D eigenvalue weighted by atomic mass is 19.4. The molecule has 0 saturated heterocycles. The standard InChI is InChI=1S/C14H15F3N2O/c1-2-4-11(18)13-8-12(19-20-13)9-5-3-6-10(7-9)14(15,16)17/h3,5-8,11H,2,4,18H2,1H3. The van der Waals surface area contributed by atoms with Crippen molar-refractivity contribution in [2.45, 2.75) is 32.0 Å². The van der Waals surface area contributed by atoms with Crippen LogP contribution < -0.4 is 5.73 Å². The van der Waals surface area contributed by atoms with Crippen LogP contribution in [0.5, 0.6) is 0 Å². The van der Waals surface area contributed by atoms with Crippen molar-refractivity contribution in [3.8, 4) is 11.3 Å². The van der Waals surface area contributed by atoms with Gasteiger partial charge in [-0.05, 0) is 18.6 Å². The maximum Gasteiger partial charge on any atom is 0.416 e. The van der Waals surface area contributed by atoms with E-state index in [9.17, 15) is 13.2 Å². The van der Waals surface area contributed by atoms with Crippen molar-refractivity contribution in [1.82, 2.24) is 5.16 Å². The number of nitrogens with zero attached hydrogens (tertiary/aromatic N) is 1. The number of hydrogen-bond donors (Lipinski definition) is 1. The van der Waals surface area contributed by atoms with E-state index in [1.165, 1.54) is 6.07 Å². The molecular formula is C14H15F3N2O. The maximum atomic E-state index is 12.7. The van der Waals surface area contributed by atoms with Gasteiger partial charge in [-0.25, -0.2) is 0 Å². The smallest absolute Gasteiger partial charge is 0.359 e. The Morgan fingerprint density at radius 2 is 2.05 bits per heavy atom. The molecule has 0 amide bonds. The molecule has 2 aromatic rings. The highest BCUT2D eigenvalue weighted by Gasteiger charge is 2.30. The summed E-state index contributed by atoms with van der Waals surface area (Å²) >= 11 is 0. The molecule has 108 valence electrons. The molecule has 1 aromatic heterocycles. The number of nitrogens with two attached hydrogens (primary N) is 1. The number of aromatic nitrogens is 1. The van der Waals surface area contributed by atoms with Gasteiger partial charge >= 0.3 is 6.18 Å². The molecule has 1 atom stereocenters. The number of rotatable bonds is 4. The van der Waals surface area contributed by atoms with Gasteiger partial charge in [0.1, 0.15) is 5.69 Å². The van der Waals surface area contributed by atoms with Crippen LogP contribution in [0.2, 0.25) is 0 Å². The molecule has 0 bridgehead atoms. The van der Waals surface area contributed by atoms with Gasteiger partial charge in [0.05, 0.1) is 11.6 Å². The number of alkyl halides is 3. The Balaban J connectivity index is 2.28. The molecule has 3 nitrogen and oxygen atoms in total. The number of benzene rings is 1. The van der Waals surface area contributed by atoms with Gasteiger partial charge in [-0.15, -0.1) is 0 Å². The summed E-state index contributed by atoms with van der Waals surface area (Å²) in [5.74, 6) is 0.485. The van der Waals surface area contributed by atoms with Crippen LogP contribution in [-0.2, 0) is 6.18 Å². The third-order valence-electron chi connectivity index (χ3n) is 2.98. The summed E-state index contributed by atoms with van der Waals surface area (Å²) in [7, 11) is 0. The third kappa shape index (κ3) is 3.19. The van der Waals surface area contributed by atoms with Crippen molar-refractivity contribution in [3.63, 3.8) is 0 Å². The summed E-state index contributed by atoms with van der Waals surface area (Å²) in [6, 6.07) is 6.28. The van der Waals surface area contributed by atoms with Crippen LogP contribution in [0.25, 0.3) is 11.3 Å². The summed E-state index contributed by atoms with van der Waals surface area (Å²) in [5, 5.41) is 3.79. The highest BCUT2D eigenvalue weighted by molar-refractivity contribution is 5.60. The molecule has 0 fully saturated rings. The SMILES string of the molecule is CCCC(N)c1cc(-c2cccc(C(F)(F)F)c2)no1. The molecule has 0 saturated carbocycles. The van der Waals surface area contributed by atoms with Gasteiger partial charge in [0.15, 0.2) is 5.76 Å². The van der Waals surface area contributed by atoms with E-state index in [4.69, 9.17) is 10.3 Å². The van der Waals surface area contributed by atoms with Crippen molar-refractivity contribution in [2.24, 2.45) is 5.73 Å². The first-order valence-electron chi connectivity index (χ1n) is 6.31. The zero-order valence-electron chi connectivity index (χ0n) is 10.9. The summed E-state index contributed by atoms with van der Waals surface area (Å²) < 4.78 is 43.1. The summed E-state index contributed by atoms with van der Waals surface area (Å²) in [6.07, 6.45) is -2.75. The Labute approximate surface area is 114 Å². The fraction of sp³-hybridized carbons (Fsp3) is 0.357. The lowest BCUT2D eigenvalue weighted by molar-refractivity contribution is -0.137. The van der Waals surface area contributed by atoms with Gasteiger partial charge in [0, 0.05) is 11.6 Å². The van der Waals surface area contributed by atoms with Crippen LogP contribution in [0, 0.1) is 0 Å². The topological polar surface area (TPSA) is 52.0 Å². The van der Waals surface area contributed by atoms with Crippen molar-refractivity contribution >= 4 is 0 Å². The average molecular weight is 284 g/mol. The van der Waals surface area contributed by atoms with E-state index < -0.39 is 11.7 Å². The fourth-order valence-corrected chi connectivity index (χ4v) is 1.91. The molecule has 1 heterocycles. The molecule has 0 radical (unpaired) electrons. The Kier molecular flexibility index (Phi) is 4.13. The Bertz CT molecular complexity index is 578. The normalized spacial score (nSPS) is 13.4. The largest absolute Gasteiger partial charge is 0.416 e. The van der Waals surface area contributed by atoms with Gasteiger partial charge in [0.2, 0.25) is 0 Å². The van der Waals surface area contributed by atoms with E-state index in [0.717, 1.165) is 25.0 Å². The van der Waals surface area contributed by atoms with Crippen molar-refractivity contribution in [3.05, 3.63) is 41.7 Å². The molecule has 2 N–H and O–H groups in total. The van der Waals surface area contributed by atoms with Crippen LogP contribution in [-0.4, -0.2) is 5.16 Å². The number of hydrogen-bond acceptors (Lipinski definition) is 3. The number of halogens is 3. The van der Waals surface area contributed by atoms with Crippen molar-refractivity contribution in [2.75, 3.05) is 0 Å². The first kappa shape index (κ1) is 14.6. The predicted molar refractivity (Wildman–Crippen MR) is 68.8 cm³/mol.